The number of sulfone groups is 1. The van der Waals surface area contributed by atoms with Gasteiger partial charge in [-0.15, -0.1) is 0 Å². The maximum absolute atomic E-state index is 12.1. The number of benzene rings is 1. The minimum atomic E-state index is -3.12. The number of carbonyl (C=O) groups excluding carboxylic acids is 1. The van der Waals surface area contributed by atoms with E-state index in [1.54, 1.807) is 32.0 Å². The quantitative estimate of drug-likeness (QED) is 0.781. The predicted molar refractivity (Wildman–Crippen MR) is 88.1 cm³/mol. The molecule has 1 amide bonds. The maximum Gasteiger partial charge on any atom is 0.228 e. The molecular weight excluding hydrogens is 328 g/mol. The van der Waals surface area contributed by atoms with Crippen LogP contribution in [0, 0.1) is 5.92 Å². The molecule has 0 saturated heterocycles. The van der Waals surface area contributed by atoms with Crippen LogP contribution in [0.1, 0.15) is 13.8 Å². The standard InChI is InChI=1S/C14H21ClN2O4S/c1-9(10(2)16)14(18)17-12-8-11(15)4-5-13(12)21-6-7-22(3,19)20/h4-5,8-10H,6-7,16H2,1-3H3,(H,17,18). The number of amides is 1. The van der Waals surface area contributed by atoms with Crippen molar-refractivity contribution in [1.29, 1.82) is 0 Å². The Morgan fingerprint density at radius 2 is 2.05 bits per heavy atom. The van der Waals surface area contributed by atoms with E-state index in [2.05, 4.69) is 5.32 Å². The summed E-state index contributed by atoms with van der Waals surface area (Å²) in [5.41, 5.74) is 6.09. The van der Waals surface area contributed by atoms with Crippen molar-refractivity contribution in [1.82, 2.24) is 0 Å². The van der Waals surface area contributed by atoms with Gasteiger partial charge in [0.05, 0.1) is 17.4 Å². The van der Waals surface area contributed by atoms with E-state index in [0.29, 0.717) is 16.5 Å². The fourth-order valence-electron chi connectivity index (χ4n) is 1.51. The Morgan fingerprint density at radius 3 is 2.59 bits per heavy atom. The second-order valence-electron chi connectivity index (χ2n) is 5.26. The first-order valence-corrected chi connectivity index (χ1v) is 9.20. The highest BCUT2D eigenvalue weighted by Crippen LogP contribution is 2.28. The zero-order valence-electron chi connectivity index (χ0n) is 12.8. The highest BCUT2D eigenvalue weighted by atomic mass is 35.5. The molecule has 3 N–H and O–H groups in total. The lowest BCUT2D eigenvalue weighted by molar-refractivity contribution is -0.119. The van der Waals surface area contributed by atoms with Gasteiger partial charge >= 0.3 is 0 Å². The van der Waals surface area contributed by atoms with Crippen molar-refractivity contribution in [2.75, 3.05) is 23.9 Å². The smallest absolute Gasteiger partial charge is 0.228 e. The van der Waals surface area contributed by atoms with Gasteiger partial charge in [0.25, 0.3) is 0 Å². The number of rotatable bonds is 7. The molecule has 0 saturated carbocycles. The van der Waals surface area contributed by atoms with Gasteiger partial charge in [-0.2, -0.15) is 0 Å². The third-order valence-corrected chi connectivity index (χ3v) is 4.26. The molecule has 124 valence electrons. The molecule has 6 nitrogen and oxygen atoms in total. The molecule has 0 radical (unpaired) electrons. The molecule has 0 aliphatic rings. The maximum atomic E-state index is 12.1. The number of hydrogen-bond donors (Lipinski definition) is 2. The molecule has 0 spiro atoms. The molecule has 1 aromatic rings. The second kappa shape index (κ2) is 7.80. The molecule has 0 bridgehead atoms. The van der Waals surface area contributed by atoms with E-state index in [0.717, 1.165) is 6.26 Å². The Bertz CT molecular complexity index is 632. The number of hydrogen-bond acceptors (Lipinski definition) is 5. The highest BCUT2D eigenvalue weighted by Gasteiger charge is 2.19. The van der Waals surface area contributed by atoms with E-state index in [4.69, 9.17) is 22.1 Å². The van der Waals surface area contributed by atoms with E-state index in [-0.39, 0.29) is 30.2 Å². The van der Waals surface area contributed by atoms with Crippen molar-refractivity contribution < 1.29 is 17.9 Å². The average Bonchev–Trinajstić information content (AvgIpc) is 2.38. The summed E-state index contributed by atoms with van der Waals surface area (Å²) in [6.45, 7) is 3.45. The van der Waals surface area contributed by atoms with Crippen LogP contribution in [0.15, 0.2) is 18.2 Å². The molecule has 22 heavy (non-hydrogen) atoms. The number of anilines is 1. The van der Waals surface area contributed by atoms with Gasteiger partial charge in [-0.05, 0) is 25.1 Å². The van der Waals surface area contributed by atoms with Crippen molar-refractivity contribution >= 4 is 33.0 Å². The van der Waals surface area contributed by atoms with Crippen LogP contribution in [-0.4, -0.2) is 39.0 Å². The topological polar surface area (TPSA) is 98.5 Å². The third-order valence-electron chi connectivity index (χ3n) is 3.11. The summed E-state index contributed by atoms with van der Waals surface area (Å²) in [6, 6.07) is 4.43. The van der Waals surface area contributed by atoms with Crippen LogP contribution in [-0.2, 0) is 14.6 Å². The van der Waals surface area contributed by atoms with E-state index >= 15 is 0 Å². The lowest BCUT2D eigenvalue weighted by Gasteiger charge is -2.17. The van der Waals surface area contributed by atoms with Crippen LogP contribution in [0.2, 0.25) is 5.02 Å². The Kier molecular flexibility index (Phi) is 6.65. The number of ether oxygens (including phenoxy) is 1. The average molecular weight is 349 g/mol. The molecule has 0 aromatic heterocycles. The molecule has 0 fully saturated rings. The van der Waals surface area contributed by atoms with E-state index in [1.165, 1.54) is 0 Å². The minimum absolute atomic E-state index is 0.00776. The fourth-order valence-corrected chi connectivity index (χ4v) is 2.07. The van der Waals surface area contributed by atoms with Gasteiger partial charge in [-0.3, -0.25) is 4.79 Å². The normalized spacial score (nSPS) is 14.2. The molecule has 0 aliphatic carbocycles. The first-order valence-electron chi connectivity index (χ1n) is 6.76. The van der Waals surface area contributed by atoms with Crippen LogP contribution in [0.25, 0.3) is 0 Å². The van der Waals surface area contributed by atoms with Crippen LogP contribution in [0.5, 0.6) is 5.75 Å². The number of carbonyl (C=O) groups is 1. The van der Waals surface area contributed by atoms with E-state index in [1.807, 2.05) is 0 Å². The summed E-state index contributed by atoms with van der Waals surface area (Å²) in [5.74, 6) is -0.398. The van der Waals surface area contributed by atoms with Crippen molar-refractivity contribution in [3.63, 3.8) is 0 Å². The van der Waals surface area contributed by atoms with E-state index < -0.39 is 9.84 Å². The van der Waals surface area contributed by atoms with Gasteiger partial charge in [0.15, 0.2) is 9.84 Å². The monoisotopic (exact) mass is 348 g/mol. The Labute approximate surface area is 135 Å². The first kappa shape index (κ1) is 18.7. The summed E-state index contributed by atoms with van der Waals surface area (Å²) in [7, 11) is -3.12. The van der Waals surface area contributed by atoms with Crippen molar-refractivity contribution in [3.8, 4) is 5.75 Å². The SMILES string of the molecule is CC(N)C(C)C(=O)Nc1cc(Cl)ccc1OCCS(C)(=O)=O. The molecule has 8 heteroatoms. The molecule has 0 heterocycles. The lowest BCUT2D eigenvalue weighted by Crippen LogP contribution is -2.34. The zero-order chi connectivity index (χ0) is 16.9. The molecule has 2 atom stereocenters. The van der Waals surface area contributed by atoms with Crippen molar-refractivity contribution in [2.45, 2.75) is 19.9 Å². The summed E-state index contributed by atoms with van der Waals surface area (Å²) < 4.78 is 27.7. The second-order valence-corrected chi connectivity index (χ2v) is 7.95. The summed E-state index contributed by atoms with van der Waals surface area (Å²) >= 11 is 5.92. The zero-order valence-corrected chi connectivity index (χ0v) is 14.4. The Balaban J connectivity index is 2.84. The van der Waals surface area contributed by atoms with Crippen LogP contribution >= 0.6 is 11.6 Å². The van der Waals surface area contributed by atoms with Crippen LogP contribution < -0.4 is 15.8 Å². The minimum Gasteiger partial charge on any atom is -0.490 e. The lowest BCUT2D eigenvalue weighted by atomic mass is 10.0. The molecule has 1 rings (SSSR count). The third kappa shape index (κ3) is 6.21. The molecular formula is C14H21ClN2O4S. The predicted octanol–water partition coefficient (Wildman–Crippen LogP) is 1.69. The molecule has 2 unspecified atom stereocenters. The van der Waals surface area contributed by atoms with E-state index in [9.17, 15) is 13.2 Å². The van der Waals surface area contributed by atoms with Gasteiger partial charge in [0, 0.05) is 17.3 Å². The molecule has 0 aliphatic heterocycles. The summed E-state index contributed by atoms with van der Waals surface area (Å²) in [4.78, 5) is 12.1. The van der Waals surface area contributed by atoms with Gasteiger partial charge in [0.1, 0.15) is 12.4 Å². The highest BCUT2D eigenvalue weighted by molar-refractivity contribution is 7.90. The number of halogens is 1. The Hall–Kier alpha value is -1.31. The van der Waals surface area contributed by atoms with Crippen molar-refractivity contribution in [3.05, 3.63) is 23.2 Å². The van der Waals surface area contributed by atoms with Crippen molar-refractivity contribution in [2.24, 2.45) is 11.7 Å². The van der Waals surface area contributed by atoms with Crippen LogP contribution in [0.4, 0.5) is 5.69 Å². The first-order chi connectivity index (χ1) is 10.1. The Morgan fingerprint density at radius 1 is 1.41 bits per heavy atom. The number of nitrogens with one attached hydrogen (secondary N) is 1. The van der Waals surface area contributed by atoms with Gasteiger partial charge in [0.2, 0.25) is 5.91 Å². The van der Waals surface area contributed by atoms with Gasteiger partial charge in [-0.25, -0.2) is 8.42 Å². The number of nitrogens with two attached hydrogens (primary N) is 1. The fraction of sp³-hybridized carbons (Fsp3) is 0.500. The van der Waals surface area contributed by atoms with Crippen LogP contribution in [0.3, 0.4) is 0 Å². The molecule has 1 aromatic carbocycles. The summed E-state index contributed by atoms with van der Waals surface area (Å²) in [6.07, 6.45) is 1.13. The summed E-state index contributed by atoms with van der Waals surface area (Å²) in [5, 5.41) is 3.13. The van der Waals surface area contributed by atoms with Gasteiger partial charge in [-0.1, -0.05) is 18.5 Å². The largest absolute Gasteiger partial charge is 0.490 e. The van der Waals surface area contributed by atoms with Gasteiger partial charge < -0.3 is 15.8 Å².